The van der Waals surface area contributed by atoms with Crippen molar-refractivity contribution in [3.63, 3.8) is 0 Å². The summed E-state index contributed by atoms with van der Waals surface area (Å²) >= 11 is 0. The number of carbonyl (C=O) groups excluding carboxylic acids is 2. The smallest absolute Gasteiger partial charge is 0.304 e. The Bertz CT molecular complexity index is 1080. The van der Waals surface area contributed by atoms with Gasteiger partial charge >= 0.3 is 5.91 Å². The summed E-state index contributed by atoms with van der Waals surface area (Å²) in [7, 11) is 1.60. The van der Waals surface area contributed by atoms with Crippen molar-refractivity contribution in [3.8, 4) is 5.75 Å². The summed E-state index contributed by atoms with van der Waals surface area (Å²) in [5.41, 5.74) is 5.10. The van der Waals surface area contributed by atoms with Gasteiger partial charge in [-0.3, -0.25) is 9.59 Å². The minimum Gasteiger partial charge on any atom is -0.496 e. The standard InChI is InChI=1S/C24H21N3O3/c1-30-20-15-9-8-14-19(20)16-27-22(17-10-4-2-5-11-17)21(24(29)26-27)25-23(28)18-12-6-3-7-13-18/h2-16,21-22H,1H3,(H-,25,26,28,29)/p+1/b27-16-/t21-,22+/m0/s1. The largest absolute Gasteiger partial charge is 0.496 e. The zero-order chi connectivity index (χ0) is 20.9. The van der Waals surface area contributed by atoms with Crippen LogP contribution < -0.4 is 15.5 Å². The fraction of sp³-hybridized carbons (Fsp3) is 0.125. The number of rotatable bonds is 5. The predicted molar refractivity (Wildman–Crippen MR) is 113 cm³/mol. The molecule has 6 heteroatoms. The van der Waals surface area contributed by atoms with Crippen LogP contribution in [0.1, 0.15) is 27.5 Å². The quantitative estimate of drug-likeness (QED) is 0.647. The highest BCUT2D eigenvalue weighted by Crippen LogP contribution is 2.26. The number of amides is 2. The van der Waals surface area contributed by atoms with Crippen LogP contribution in [0, 0.1) is 0 Å². The van der Waals surface area contributed by atoms with Gasteiger partial charge in [0.15, 0.2) is 6.04 Å². The molecule has 3 aromatic rings. The highest BCUT2D eigenvalue weighted by molar-refractivity contribution is 5.98. The lowest BCUT2D eigenvalue weighted by Crippen LogP contribution is -2.42. The van der Waals surface area contributed by atoms with Crippen LogP contribution in [0.15, 0.2) is 84.9 Å². The van der Waals surface area contributed by atoms with Gasteiger partial charge in [0.05, 0.1) is 12.7 Å². The number of nitrogens with one attached hydrogen (secondary N) is 2. The van der Waals surface area contributed by atoms with Gasteiger partial charge in [-0.25, -0.2) is 0 Å². The molecule has 1 aliphatic heterocycles. The molecule has 1 fully saturated rings. The topological polar surface area (TPSA) is 70.4 Å². The molecule has 1 heterocycles. The van der Waals surface area contributed by atoms with Crippen molar-refractivity contribution in [3.05, 3.63) is 102 Å². The maximum atomic E-state index is 12.9. The maximum Gasteiger partial charge on any atom is 0.304 e. The molecule has 0 saturated carbocycles. The van der Waals surface area contributed by atoms with Crippen LogP contribution in [0.4, 0.5) is 0 Å². The number of benzene rings is 3. The number of hydrogen-bond acceptors (Lipinski definition) is 3. The van der Waals surface area contributed by atoms with Gasteiger partial charge in [0.25, 0.3) is 5.91 Å². The third-order valence-electron chi connectivity index (χ3n) is 5.02. The molecule has 4 rings (SSSR count). The molecule has 0 unspecified atom stereocenters. The minimum absolute atomic E-state index is 0.278. The van der Waals surface area contributed by atoms with Crippen LogP contribution in [0.25, 0.3) is 0 Å². The van der Waals surface area contributed by atoms with Crippen molar-refractivity contribution in [1.29, 1.82) is 0 Å². The summed E-state index contributed by atoms with van der Waals surface area (Å²) in [5, 5.41) is 2.89. The van der Waals surface area contributed by atoms with Crippen LogP contribution in [0.2, 0.25) is 0 Å². The number of hydrazine groups is 1. The molecule has 3 aromatic carbocycles. The molecule has 0 radical (unpaired) electrons. The fourth-order valence-electron chi connectivity index (χ4n) is 3.57. The second kappa shape index (κ2) is 8.61. The number of carbonyl (C=O) groups is 2. The van der Waals surface area contributed by atoms with Crippen molar-refractivity contribution < 1.29 is 19.0 Å². The van der Waals surface area contributed by atoms with Crippen LogP contribution in [-0.4, -0.2) is 35.9 Å². The number of hydrazone groups is 1. The molecule has 150 valence electrons. The molecule has 2 amide bonds. The van der Waals surface area contributed by atoms with E-state index >= 15 is 0 Å². The van der Waals surface area contributed by atoms with E-state index in [2.05, 4.69) is 10.7 Å². The summed E-state index contributed by atoms with van der Waals surface area (Å²) in [6, 6.07) is 24.9. The molecule has 6 nitrogen and oxygen atoms in total. The molecule has 2 atom stereocenters. The molecule has 1 saturated heterocycles. The van der Waals surface area contributed by atoms with Crippen molar-refractivity contribution in [2.24, 2.45) is 0 Å². The molecular formula is C24H22N3O3+. The molecule has 2 N–H and O–H groups in total. The maximum absolute atomic E-state index is 12.9. The van der Waals surface area contributed by atoms with Crippen molar-refractivity contribution in [2.45, 2.75) is 12.1 Å². The molecular weight excluding hydrogens is 378 g/mol. The molecule has 30 heavy (non-hydrogen) atoms. The third-order valence-corrected chi connectivity index (χ3v) is 5.02. The van der Waals surface area contributed by atoms with E-state index in [0.29, 0.717) is 11.3 Å². The molecule has 0 aromatic heterocycles. The summed E-state index contributed by atoms with van der Waals surface area (Å²) in [5.74, 6) is 0.116. The van der Waals surface area contributed by atoms with E-state index in [9.17, 15) is 9.59 Å². The van der Waals surface area contributed by atoms with E-state index in [1.165, 1.54) is 0 Å². The Morgan fingerprint density at radius 2 is 1.60 bits per heavy atom. The Morgan fingerprint density at radius 1 is 0.967 bits per heavy atom. The van der Waals surface area contributed by atoms with Gasteiger partial charge in [0.1, 0.15) is 5.75 Å². The average molecular weight is 400 g/mol. The molecule has 0 bridgehead atoms. The molecule has 0 spiro atoms. The Kier molecular flexibility index (Phi) is 5.57. The summed E-state index contributed by atoms with van der Waals surface area (Å²) in [6.45, 7) is 0. The number of methoxy groups -OCH3 is 1. The van der Waals surface area contributed by atoms with E-state index in [4.69, 9.17) is 4.74 Å². The lowest BCUT2D eigenvalue weighted by molar-refractivity contribution is -0.596. The van der Waals surface area contributed by atoms with E-state index in [-0.39, 0.29) is 11.8 Å². The molecule has 1 aliphatic rings. The first-order valence-corrected chi connectivity index (χ1v) is 9.65. The summed E-state index contributed by atoms with van der Waals surface area (Å²) < 4.78 is 7.16. The van der Waals surface area contributed by atoms with E-state index in [1.54, 1.807) is 36.1 Å². The lowest BCUT2D eigenvalue weighted by atomic mass is 10.00. The minimum atomic E-state index is -0.758. The van der Waals surface area contributed by atoms with E-state index in [1.807, 2.05) is 66.9 Å². The zero-order valence-corrected chi connectivity index (χ0v) is 16.5. The van der Waals surface area contributed by atoms with Gasteiger partial charge in [-0.1, -0.05) is 60.7 Å². The van der Waals surface area contributed by atoms with E-state index < -0.39 is 12.1 Å². The normalized spacial score (nSPS) is 19.4. The molecule has 0 aliphatic carbocycles. The Labute approximate surface area is 174 Å². The highest BCUT2D eigenvalue weighted by atomic mass is 16.5. The average Bonchev–Trinajstić information content (AvgIpc) is 3.09. The van der Waals surface area contributed by atoms with Gasteiger partial charge in [-0.15, -0.1) is 10.1 Å². The number of para-hydroxylation sites is 1. The predicted octanol–water partition coefficient (Wildman–Crippen LogP) is 2.71. The van der Waals surface area contributed by atoms with Gasteiger partial charge < -0.3 is 10.1 Å². The van der Waals surface area contributed by atoms with Crippen molar-refractivity contribution >= 4 is 18.0 Å². The summed E-state index contributed by atoms with van der Waals surface area (Å²) in [6.07, 6.45) is 1.82. The third kappa shape index (κ3) is 3.93. The van der Waals surface area contributed by atoms with Crippen molar-refractivity contribution in [1.82, 2.24) is 10.7 Å². The Balaban J connectivity index is 1.72. The number of ether oxygens (including phenoxy) is 1. The number of hydrogen-bond donors (Lipinski definition) is 2. The first kappa shape index (κ1) is 19.4. The number of nitrogens with zero attached hydrogens (tertiary/aromatic N) is 1. The van der Waals surface area contributed by atoms with Crippen LogP contribution >= 0.6 is 0 Å². The SMILES string of the molecule is COc1ccccc1/C=[N+]1\NC(=O)[C@@H](NC(=O)c2ccccc2)[C@H]1c1ccccc1. The van der Waals surface area contributed by atoms with Gasteiger partial charge in [0.2, 0.25) is 12.3 Å². The first-order chi connectivity index (χ1) is 14.7. The lowest BCUT2D eigenvalue weighted by Gasteiger charge is -2.14. The Morgan fingerprint density at radius 3 is 2.30 bits per heavy atom. The fourth-order valence-corrected chi connectivity index (χ4v) is 3.57. The monoisotopic (exact) mass is 400 g/mol. The highest BCUT2D eigenvalue weighted by Gasteiger charge is 2.47. The van der Waals surface area contributed by atoms with Crippen LogP contribution in [0.5, 0.6) is 5.75 Å². The second-order valence-electron chi connectivity index (χ2n) is 6.93. The van der Waals surface area contributed by atoms with Crippen LogP contribution in [0.3, 0.4) is 0 Å². The van der Waals surface area contributed by atoms with E-state index in [0.717, 1.165) is 11.1 Å². The van der Waals surface area contributed by atoms with Gasteiger partial charge in [-0.2, -0.15) is 0 Å². The van der Waals surface area contributed by atoms with Gasteiger partial charge in [-0.05, 0) is 24.3 Å². The van der Waals surface area contributed by atoms with Crippen LogP contribution in [-0.2, 0) is 4.79 Å². The summed E-state index contributed by atoms with van der Waals surface area (Å²) in [4.78, 5) is 25.6. The zero-order valence-electron chi connectivity index (χ0n) is 16.5. The Hall–Kier alpha value is -3.93. The van der Waals surface area contributed by atoms with Gasteiger partial charge in [0, 0.05) is 11.1 Å². The van der Waals surface area contributed by atoms with Crippen molar-refractivity contribution in [2.75, 3.05) is 7.11 Å². The second-order valence-corrected chi connectivity index (χ2v) is 6.93. The first-order valence-electron chi connectivity index (χ1n) is 9.65.